The Morgan fingerprint density at radius 3 is 2.71 bits per heavy atom. The third-order valence-electron chi connectivity index (χ3n) is 3.75. The second-order valence-electron chi connectivity index (χ2n) is 5.75. The summed E-state index contributed by atoms with van der Waals surface area (Å²) in [5, 5.41) is 2.59. The lowest BCUT2D eigenvalue weighted by atomic mass is 10.2. The van der Waals surface area contributed by atoms with Crippen LogP contribution < -0.4 is 19.5 Å². The number of nitrogens with one attached hydrogen (secondary N) is 1. The van der Waals surface area contributed by atoms with Crippen molar-refractivity contribution in [3.05, 3.63) is 54.1 Å². The van der Waals surface area contributed by atoms with Crippen molar-refractivity contribution >= 4 is 5.91 Å². The number of rotatable bonds is 4. The molecule has 2 aromatic rings. The van der Waals surface area contributed by atoms with Crippen LogP contribution in [0, 0.1) is 11.8 Å². The Morgan fingerprint density at radius 2 is 1.93 bits per heavy atom. The van der Waals surface area contributed by atoms with Gasteiger partial charge in [0.2, 0.25) is 6.10 Å². The van der Waals surface area contributed by atoms with Crippen LogP contribution in [0.4, 0.5) is 13.2 Å². The van der Waals surface area contributed by atoms with E-state index in [0.29, 0.717) is 11.5 Å². The van der Waals surface area contributed by atoms with Gasteiger partial charge in [0.15, 0.2) is 11.5 Å². The lowest BCUT2D eigenvalue weighted by molar-refractivity contribution is -0.137. The molecule has 0 bridgehead atoms. The van der Waals surface area contributed by atoms with Crippen molar-refractivity contribution in [1.82, 2.24) is 5.32 Å². The van der Waals surface area contributed by atoms with Crippen molar-refractivity contribution in [3.63, 3.8) is 0 Å². The van der Waals surface area contributed by atoms with E-state index in [1.165, 1.54) is 12.1 Å². The first-order valence-corrected chi connectivity index (χ1v) is 8.35. The van der Waals surface area contributed by atoms with Gasteiger partial charge in [-0.25, -0.2) is 0 Å². The molecule has 146 valence electrons. The van der Waals surface area contributed by atoms with Crippen LogP contribution in [0.1, 0.15) is 5.56 Å². The maximum Gasteiger partial charge on any atom is 0.416 e. The van der Waals surface area contributed by atoms with Crippen LogP contribution in [-0.2, 0) is 11.0 Å². The average Bonchev–Trinajstić information content (AvgIpc) is 2.69. The third kappa shape index (κ3) is 5.10. The van der Waals surface area contributed by atoms with E-state index in [9.17, 15) is 18.0 Å². The van der Waals surface area contributed by atoms with Gasteiger partial charge in [0.25, 0.3) is 5.91 Å². The number of amides is 1. The van der Waals surface area contributed by atoms with Gasteiger partial charge >= 0.3 is 6.18 Å². The Bertz CT molecular complexity index is 902. The molecule has 5 nitrogen and oxygen atoms in total. The smallest absolute Gasteiger partial charge is 0.416 e. The van der Waals surface area contributed by atoms with E-state index < -0.39 is 17.8 Å². The van der Waals surface area contributed by atoms with Crippen molar-refractivity contribution in [2.24, 2.45) is 0 Å². The lowest BCUT2D eigenvalue weighted by Crippen LogP contribution is -2.44. The Hall–Kier alpha value is -3.34. The van der Waals surface area contributed by atoms with Crippen LogP contribution in [0.5, 0.6) is 17.2 Å². The monoisotopic (exact) mass is 391 g/mol. The number of para-hydroxylation sites is 2. The Morgan fingerprint density at radius 1 is 1.14 bits per heavy atom. The quantitative estimate of drug-likeness (QED) is 0.814. The van der Waals surface area contributed by atoms with E-state index in [0.717, 1.165) is 12.1 Å². The number of carbonyl (C=O) groups excluding carboxylic acids is 1. The summed E-state index contributed by atoms with van der Waals surface area (Å²) in [6.07, 6.45) is -5.21. The average molecular weight is 391 g/mol. The summed E-state index contributed by atoms with van der Waals surface area (Å²) in [7, 11) is 0. The third-order valence-corrected chi connectivity index (χ3v) is 3.75. The first kappa shape index (κ1) is 19.4. The number of alkyl halides is 3. The molecule has 1 aliphatic heterocycles. The van der Waals surface area contributed by atoms with Gasteiger partial charge in [0, 0.05) is 0 Å². The fourth-order valence-electron chi connectivity index (χ4n) is 2.39. The van der Waals surface area contributed by atoms with Crippen molar-refractivity contribution in [1.29, 1.82) is 0 Å². The molecule has 1 aliphatic rings. The highest BCUT2D eigenvalue weighted by Crippen LogP contribution is 2.31. The molecule has 8 heteroatoms. The van der Waals surface area contributed by atoms with Crippen LogP contribution in [0.15, 0.2) is 48.5 Å². The van der Waals surface area contributed by atoms with Crippen molar-refractivity contribution in [3.8, 4) is 29.1 Å². The molecule has 28 heavy (non-hydrogen) atoms. The molecular weight excluding hydrogens is 375 g/mol. The summed E-state index contributed by atoms with van der Waals surface area (Å²) >= 11 is 0. The highest BCUT2D eigenvalue weighted by atomic mass is 19.4. The molecule has 1 atom stereocenters. The van der Waals surface area contributed by atoms with Gasteiger partial charge in [-0.05, 0) is 30.3 Å². The van der Waals surface area contributed by atoms with Gasteiger partial charge in [-0.1, -0.05) is 30.0 Å². The lowest BCUT2D eigenvalue weighted by Gasteiger charge is -2.25. The highest BCUT2D eigenvalue weighted by molar-refractivity contribution is 5.82. The zero-order valence-electron chi connectivity index (χ0n) is 14.6. The molecule has 0 saturated heterocycles. The first-order valence-electron chi connectivity index (χ1n) is 8.35. The molecule has 0 radical (unpaired) electrons. The first-order chi connectivity index (χ1) is 13.4. The molecule has 1 heterocycles. The number of benzene rings is 2. The minimum absolute atomic E-state index is 0.0479. The maximum atomic E-state index is 12.6. The molecule has 2 aromatic carbocycles. The summed E-state index contributed by atoms with van der Waals surface area (Å²) in [5.41, 5.74) is -0.790. The Kier molecular flexibility index (Phi) is 5.94. The summed E-state index contributed by atoms with van der Waals surface area (Å²) < 4.78 is 54.1. The van der Waals surface area contributed by atoms with E-state index in [2.05, 4.69) is 17.2 Å². The SMILES string of the molecule is O=C(NCC#CCOc1cccc(C(F)(F)F)c1)[C@H]1COc2ccccc2O1. The number of carbonyl (C=O) groups is 1. The fourth-order valence-corrected chi connectivity index (χ4v) is 2.39. The zero-order chi connectivity index (χ0) is 20.0. The predicted molar refractivity (Wildman–Crippen MR) is 94.1 cm³/mol. The van der Waals surface area contributed by atoms with E-state index in [1.54, 1.807) is 24.3 Å². The number of halogens is 3. The minimum atomic E-state index is -4.43. The zero-order valence-corrected chi connectivity index (χ0v) is 14.6. The summed E-state index contributed by atoms with van der Waals surface area (Å²) in [4.78, 5) is 12.1. The molecule has 3 rings (SSSR count). The van der Waals surface area contributed by atoms with Crippen molar-refractivity contribution in [2.45, 2.75) is 12.3 Å². The van der Waals surface area contributed by atoms with Crippen LogP contribution in [-0.4, -0.2) is 31.8 Å². The van der Waals surface area contributed by atoms with Gasteiger partial charge in [-0.3, -0.25) is 4.79 Å². The fraction of sp³-hybridized carbons (Fsp3) is 0.250. The number of ether oxygens (including phenoxy) is 3. The topological polar surface area (TPSA) is 56.8 Å². The van der Waals surface area contributed by atoms with Gasteiger partial charge in [0.1, 0.15) is 19.0 Å². The molecule has 0 aromatic heterocycles. The molecular formula is C20H16F3NO4. The summed E-state index contributed by atoms with van der Waals surface area (Å²) in [6, 6.07) is 11.6. The van der Waals surface area contributed by atoms with Crippen LogP contribution in [0.3, 0.4) is 0 Å². The minimum Gasteiger partial charge on any atom is -0.485 e. The van der Waals surface area contributed by atoms with Crippen molar-refractivity contribution in [2.75, 3.05) is 19.8 Å². The van der Waals surface area contributed by atoms with Gasteiger partial charge in [-0.2, -0.15) is 13.2 Å². The predicted octanol–water partition coefficient (Wildman–Crippen LogP) is 3.04. The highest BCUT2D eigenvalue weighted by Gasteiger charge is 2.30. The van der Waals surface area contributed by atoms with Crippen LogP contribution in [0.2, 0.25) is 0 Å². The van der Waals surface area contributed by atoms with Gasteiger partial charge in [-0.15, -0.1) is 0 Å². The standard InChI is InChI=1S/C20H16F3NO4/c21-20(22,23)14-6-5-7-15(12-14)26-11-4-3-10-24-19(25)18-13-27-16-8-1-2-9-17(16)28-18/h1-2,5-9,12,18H,10-11,13H2,(H,24,25)/t18-/m1/s1. The van der Waals surface area contributed by atoms with Crippen molar-refractivity contribution < 1.29 is 32.2 Å². The van der Waals surface area contributed by atoms with E-state index in [-0.39, 0.29) is 31.4 Å². The largest absolute Gasteiger partial charge is 0.485 e. The molecule has 1 amide bonds. The Labute approximate surface area is 159 Å². The summed E-state index contributed by atoms with van der Waals surface area (Å²) in [5.74, 6) is 6.06. The van der Waals surface area contributed by atoms with Gasteiger partial charge in [0.05, 0.1) is 12.1 Å². The molecule has 0 unspecified atom stereocenters. The molecule has 0 aliphatic carbocycles. The van der Waals surface area contributed by atoms with E-state index in [1.807, 2.05) is 0 Å². The van der Waals surface area contributed by atoms with E-state index in [4.69, 9.17) is 14.2 Å². The normalized spacial score (nSPS) is 15.2. The second kappa shape index (κ2) is 8.57. The molecule has 0 saturated carbocycles. The summed E-state index contributed by atoms with van der Waals surface area (Å²) in [6.45, 7) is 0.0365. The van der Waals surface area contributed by atoms with Gasteiger partial charge < -0.3 is 19.5 Å². The molecule has 0 fully saturated rings. The number of fused-ring (bicyclic) bond motifs is 1. The van der Waals surface area contributed by atoms with Crippen LogP contribution in [0.25, 0.3) is 0 Å². The van der Waals surface area contributed by atoms with Crippen LogP contribution >= 0.6 is 0 Å². The molecule has 1 N–H and O–H groups in total. The number of hydrogen-bond donors (Lipinski definition) is 1. The maximum absolute atomic E-state index is 12.6. The molecule has 0 spiro atoms. The second-order valence-corrected chi connectivity index (χ2v) is 5.75. The number of hydrogen-bond acceptors (Lipinski definition) is 4. The van der Waals surface area contributed by atoms with E-state index >= 15 is 0 Å². The Balaban J connectivity index is 1.42.